The standard InChI is InChI=1S/C20H19ClN2O2/c1-13-2-5-15-11-16(20(25)23-18(15)10-13)6-9-19(24)22-12-14-3-7-17(21)8-4-14/h2-5,7-8,10-11H,6,9,12H2,1H3,(H,22,24)(H,23,25). The maximum Gasteiger partial charge on any atom is 0.251 e. The summed E-state index contributed by atoms with van der Waals surface area (Å²) < 4.78 is 0. The van der Waals surface area contributed by atoms with Crippen LogP contribution in [0.5, 0.6) is 0 Å². The van der Waals surface area contributed by atoms with E-state index in [0.717, 1.165) is 22.0 Å². The molecule has 3 rings (SSSR count). The van der Waals surface area contributed by atoms with Gasteiger partial charge in [0.1, 0.15) is 0 Å². The van der Waals surface area contributed by atoms with Gasteiger partial charge in [0.2, 0.25) is 5.91 Å². The Morgan fingerprint density at radius 1 is 1.12 bits per heavy atom. The first-order valence-corrected chi connectivity index (χ1v) is 8.53. The van der Waals surface area contributed by atoms with E-state index in [0.29, 0.717) is 23.6 Å². The van der Waals surface area contributed by atoms with E-state index in [1.165, 1.54) is 0 Å². The zero-order valence-corrected chi connectivity index (χ0v) is 14.7. The molecule has 0 aliphatic rings. The maximum absolute atomic E-state index is 12.2. The average molecular weight is 355 g/mol. The Bertz CT molecular complexity index is 962. The lowest BCUT2D eigenvalue weighted by molar-refractivity contribution is -0.121. The molecule has 0 spiro atoms. The van der Waals surface area contributed by atoms with E-state index in [4.69, 9.17) is 11.6 Å². The summed E-state index contributed by atoms with van der Waals surface area (Å²) >= 11 is 5.84. The van der Waals surface area contributed by atoms with Gasteiger partial charge in [-0.1, -0.05) is 35.9 Å². The first kappa shape index (κ1) is 17.2. The summed E-state index contributed by atoms with van der Waals surface area (Å²) in [4.78, 5) is 27.1. The zero-order valence-electron chi connectivity index (χ0n) is 13.9. The predicted molar refractivity (Wildman–Crippen MR) is 101 cm³/mol. The van der Waals surface area contributed by atoms with Gasteiger partial charge in [-0.25, -0.2) is 0 Å². The van der Waals surface area contributed by atoms with Crippen LogP contribution in [-0.4, -0.2) is 10.9 Å². The minimum atomic E-state index is -0.136. The first-order valence-electron chi connectivity index (χ1n) is 8.15. The van der Waals surface area contributed by atoms with Crippen LogP contribution in [0.4, 0.5) is 0 Å². The van der Waals surface area contributed by atoms with Gasteiger partial charge in [-0.05, 0) is 54.1 Å². The fourth-order valence-electron chi connectivity index (χ4n) is 2.69. The van der Waals surface area contributed by atoms with E-state index < -0.39 is 0 Å². The number of fused-ring (bicyclic) bond motifs is 1. The number of amides is 1. The molecule has 0 aliphatic carbocycles. The lowest BCUT2D eigenvalue weighted by atomic mass is 10.1. The number of hydrogen-bond acceptors (Lipinski definition) is 2. The molecular weight excluding hydrogens is 336 g/mol. The van der Waals surface area contributed by atoms with Gasteiger partial charge in [-0.15, -0.1) is 0 Å². The summed E-state index contributed by atoms with van der Waals surface area (Å²) in [5.74, 6) is -0.0849. The van der Waals surface area contributed by atoms with Crippen molar-refractivity contribution < 1.29 is 4.79 Å². The van der Waals surface area contributed by atoms with Gasteiger partial charge in [-0.3, -0.25) is 9.59 Å². The van der Waals surface area contributed by atoms with E-state index in [1.807, 2.05) is 43.3 Å². The van der Waals surface area contributed by atoms with Crippen LogP contribution in [0.15, 0.2) is 53.3 Å². The molecule has 0 bridgehead atoms. The number of pyridine rings is 1. The number of aromatic nitrogens is 1. The third kappa shape index (κ3) is 4.48. The number of rotatable bonds is 5. The van der Waals surface area contributed by atoms with Crippen LogP contribution in [0.2, 0.25) is 5.02 Å². The van der Waals surface area contributed by atoms with E-state index in [-0.39, 0.29) is 17.9 Å². The molecule has 2 N–H and O–H groups in total. The predicted octanol–water partition coefficient (Wildman–Crippen LogP) is 3.74. The molecule has 1 heterocycles. The lowest BCUT2D eigenvalue weighted by Crippen LogP contribution is -2.24. The fraction of sp³-hybridized carbons (Fsp3) is 0.200. The molecule has 25 heavy (non-hydrogen) atoms. The lowest BCUT2D eigenvalue weighted by Gasteiger charge is -2.07. The minimum Gasteiger partial charge on any atom is -0.352 e. The Balaban J connectivity index is 1.61. The maximum atomic E-state index is 12.2. The van der Waals surface area contributed by atoms with E-state index in [9.17, 15) is 9.59 Å². The Morgan fingerprint density at radius 2 is 1.88 bits per heavy atom. The van der Waals surface area contributed by atoms with E-state index in [1.54, 1.807) is 12.1 Å². The summed E-state index contributed by atoms with van der Waals surface area (Å²) in [7, 11) is 0. The van der Waals surface area contributed by atoms with Crippen LogP contribution < -0.4 is 10.9 Å². The molecule has 0 radical (unpaired) electrons. The summed E-state index contributed by atoms with van der Waals surface area (Å²) in [6.07, 6.45) is 0.680. The van der Waals surface area contributed by atoms with Crippen molar-refractivity contribution in [2.45, 2.75) is 26.3 Å². The molecule has 0 saturated heterocycles. The van der Waals surface area contributed by atoms with Crippen LogP contribution in [0.1, 0.15) is 23.1 Å². The molecule has 2 aromatic carbocycles. The molecule has 1 aromatic heterocycles. The molecule has 0 saturated carbocycles. The quantitative estimate of drug-likeness (QED) is 0.733. The van der Waals surface area contributed by atoms with Crippen molar-refractivity contribution in [1.29, 1.82) is 0 Å². The summed E-state index contributed by atoms with van der Waals surface area (Å²) in [6.45, 7) is 2.43. The molecule has 5 heteroatoms. The molecular formula is C20H19ClN2O2. The number of carbonyl (C=O) groups is 1. The van der Waals surface area contributed by atoms with Crippen LogP contribution in [0.3, 0.4) is 0 Å². The molecule has 0 fully saturated rings. The highest BCUT2D eigenvalue weighted by Gasteiger charge is 2.07. The van der Waals surface area contributed by atoms with Gasteiger partial charge < -0.3 is 10.3 Å². The van der Waals surface area contributed by atoms with Gasteiger partial charge in [0.05, 0.1) is 0 Å². The van der Waals surface area contributed by atoms with Crippen molar-refractivity contribution in [2.75, 3.05) is 0 Å². The number of benzene rings is 2. The number of H-pyrrole nitrogens is 1. The third-order valence-corrected chi connectivity index (χ3v) is 4.35. The SMILES string of the molecule is Cc1ccc2cc(CCC(=O)NCc3ccc(Cl)cc3)c(=O)[nH]c2c1. The topological polar surface area (TPSA) is 62.0 Å². The average Bonchev–Trinajstić information content (AvgIpc) is 2.59. The number of carbonyl (C=O) groups excluding carboxylic acids is 1. The molecule has 128 valence electrons. The highest BCUT2D eigenvalue weighted by Crippen LogP contribution is 2.14. The summed E-state index contributed by atoms with van der Waals surface area (Å²) in [5, 5.41) is 4.50. The second-order valence-electron chi connectivity index (χ2n) is 6.12. The number of nitrogens with one attached hydrogen (secondary N) is 2. The van der Waals surface area contributed by atoms with E-state index >= 15 is 0 Å². The monoisotopic (exact) mass is 354 g/mol. The number of aromatic amines is 1. The van der Waals surface area contributed by atoms with E-state index in [2.05, 4.69) is 10.3 Å². The minimum absolute atomic E-state index is 0.0849. The van der Waals surface area contributed by atoms with Gasteiger partial charge in [-0.2, -0.15) is 0 Å². The summed E-state index contributed by atoms with van der Waals surface area (Å²) in [5.41, 5.74) is 3.39. The zero-order chi connectivity index (χ0) is 17.8. The Morgan fingerprint density at radius 3 is 2.64 bits per heavy atom. The van der Waals surface area contributed by atoms with Crippen LogP contribution in [-0.2, 0) is 17.8 Å². The van der Waals surface area contributed by atoms with Crippen molar-refractivity contribution in [3.63, 3.8) is 0 Å². The number of aryl methyl sites for hydroxylation is 2. The molecule has 1 amide bonds. The highest BCUT2D eigenvalue weighted by atomic mass is 35.5. The molecule has 0 atom stereocenters. The Labute approximate surface area is 150 Å². The fourth-order valence-corrected chi connectivity index (χ4v) is 2.81. The molecule has 0 unspecified atom stereocenters. The van der Waals surface area contributed by atoms with Crippen LogP contribution >= 0.6 is 11.6 Å². The van der Waals surface area contributed by atoms with Crippen molar-refractivity contribution in [3.8, 4) is 0 Å². The molecule has 0 aliphatic heterocycles. The molecule has 4 nitrogen and oxygen atoms in total. The van der Waals surface area contributed by atoms with Gasteiger partial charge in [0, 0.05) is 29.1 Å². The van der Waals surface area contributed by atoms with Crippen molar-refractivity contribution >= 4 is 28.4 Å². The smallest absolute Gasteiger partial charge is 0.251 e. The Hall–Kier alpha value is -2.59. The second kappa shape index (κ2) is 7.53. The van der Waals surface area contributed by atoms with Gasteiger partial charge >= 0.3 is 0 Å². The molecule has 3 aromatic rings. The second-order valence-corrected chi connectivity index (χ2v) is 6.55. The number of hydrogen-bond donors (Lipinski definition) is 2. The van der Waals surface area contributed by atoms with Crippen molar-refractivity contribution in [2.24, 2.45) is 0 Å². The largest absolute Gasteiger partial charge is 0.352 e. The number of halogens is 1. The summed E-state index contributed by atoms with van der Waals surface area (Å²) in [6, 6.07) is 15.1. The van der Waals surface area contributed by atoms with Gasteiger partial charge in [0.25, 0.3) is 5.56 Å². The van der Waals surface area contributed by atoms with Crippen LogP contribution in [0, 0.1) is 6.92 Å². The van der Waals surface area contributed by atoms with Gasteiger partial charge in [0.15, 0.2) is 0 Å². The first-order chi connectivity index (χ1) is 12.0. The Kier molecular flexibility index (Phi) is 5.19. The van der Waals surface area contributed by atoms with Crippen LogP contribution in [0.25, 0.3) is 10.9 Å². The van der Waals surface area contributed by atoms with Crippen molar-refractivity contribution in [1.82, 2.24) is 10.3 Å². The van der Waals surface area contributed by atoms with Crippen molar-refractivity contribution in [3.05, 3.63) is 80.6 Å². The highest BCUT2D eigenvalue weighted by molar-refractivity contribution is 6.30. The third-order valence-electron chi connectivity index (χ3n) is 4.10. The normalized spacial score (nSPS) is 10.8.